The van der Waals surface area contributed by atoms with Crippen molar-refractivity contribution < 1.29 is 0 Å². The molecule has 2 rings (SSSR count). The molecule has 1 aromatic carbocycles. The van der Waals surface area contributed by atoms with Crippen LogP contribution in [-0.4, -0.2) is 11.6 Å². The minimum Gasteiger partial charge on any atom is -0.350 e. The van der Waals surface area contributed by atoms with Crippen LogP contribution in [0.3, 0.4) is 0 Å². The Kier molecular flexibility index (Phi) is 3.99. The molecule has 17 heavy (non-hydrogen) atoms. The standard InChI is InChI=1S/C15H20N2/c1-3-15(16-2)14-9-10-17(12-14)11-13-7-5-4-6-8-13/h4-10,12,15-16H,3,11H2,1-2H3. The quantitative estimate of drug-likeness (QED) is 0.831. The van der Waals surface area contributed by atoms with Gasteiger partial charge >= 0.3 is 0 Å². The molecule has 1 atom stereocenters. The first kappa shape index (κ1) is 11.9. The first-order valence-electron chi connectivity index (χ1n) is 6.20. The Morgan fingerprint density at radius 3 is 2.59 bits per heavy atom. The monoisotopic (exact) mass is 228 g/mol. The number of nitrogens with zero attached hydrogens (tertiary/aromatic N) is 1. The van der Waals surface area contributed by atoms with Crippen LogP contribution in [0.15, 0.2) is 48.8 Å². The summed E-state index contributed by atoms with van der Waals surface area (Å²) in [7, 11) is 2.02. The lowest BCUT2D eigenvalue weighted by Crippen LogP contribution is -2.14. The third kappa shape index (κ3) is 2.98. The van der Waals surface area contributed by atoms with E-state index in [9.17, 15) is 0 Å². The van der Waals surface area contributed by atoms with Gasteiger partial charge in [0.05, 0.1) is 0 Å². The highest BCUT2D eigenvalue weighted by atomic mass is 14.9. The summed E-state index contributed by atoms with van der Waals surface area (Å²) in [6.45, 7) is 3.15. The molecule has 0 bridgehead atoms. The molecular formula is C15H20N2. The van der Waals surface area contributed by atoms with Crippen LogP contribution in [0.5, 0.6) is 0 Å². The normalized spacial score (nSPS) is 12.6. The Morgan fingerprint density at radius 2 is 1.94 bits per heavy atom. The van der Waals surface area contributed by atoms with E-state index < -0.39 is 0 Å². The van der Waals surface area contributed by atoms with Gasteiger partial charge in [-0.15, -0.1) is 0 Å². The van der Waals surface area contributed by atoms with Crippen LogP contribution in [-0.2, 0) is 6.54 Å². The second-order valence-electron chi connectivity index (χ2n) is 4.35. The van der Waals surface area contributed by atoms with Gasteiger partial charge in [-0.3, -0.25) is 0 Å². The van der Waals surface area contributed by atoms with E-state index in [-0.39, 0.29) is 0 Å². The first-order valence-corrected chi connectivity index (χ1v) is 6.20. The van der Waals surface area contributed by atoms with E-state index in [1.807, 2.05) is 7.05 Å². The van der Waals surface area contributed by atoms with Crippen molar-refractivity contribution in [2.75, 3.05) is 7.05 Å². The summed E-state index contributed by atoms with van der Waals surface area (Å²) in [5, 5.41) is 3.33. The molecule has 90 valence electrons. The fraction of sp³-hybridized carbons (Fsp3) is 0.333. The second-order valence-corrected chi connectivity index (χ2v) is 4.35. The number of hydrogen-bond acceptors (Lipinski definition) is 1. The zero-order valence-electron chi connectivity index (χ0n) is 10.6. The first-order chi connectivity index (χ1) is 8.33. The molecule has 1 unspecified atom stereocenters. The highest BCUT2D eigenvalue weighted by Gasteiger charge is 2.07. The summed E-state index contributed by atoms with van der Waals surface area (Å²) in [6, 6.07) is 13.2. The van der Waals surface area contributed by atoms with Crippen LogP contribution >= 0.6 is 0 Å². The van der Waals surface area contributed by atoms with Crippen LogP contribution in [0, 0.1) is 0 Å². The molecule has 2 aromatic rings. The van der Waals surface area contributed by atoms with E-state index in [1.165, 1.54) is 11.1 Å². The lowest BCUT2D eigenvalue weighted by molar-refractivity contribution is 0.575. The van der Waals surface area contributed by atoms with E-state index in [2.05, 4.69) is 65.6 Å². The van der Waals surface area contributed by atoms with Gasteiger partial charge in [-0.1, -0.05) is 37.3 Å². The largest absolute Gasteiger partial charge is 0.350 e. The highest BCUT2D eigenvalue weighted by Crippen LogP contribution is 2.16. The molecule has 2 nitrogen and oxygen atoms in total. The molecule has 1 aromatic heterocycles. The van der Waals surface area contributed by atoms with Gasteiger partial charge in [0.2, 0.25) is 0 Å². The molecule has 0 aliphatic rings. The van der Waals surface area contributed by atoms with Crippen LogP contribution in [0.4, 0.5) is 0 Å². The number of rotatable bonds is 5. The highest BCUT2D eigenvalue weighted by molar-refractivity contribution is 5.19. The predicted molar refractivity (Wildman–Crippen MR) is 72.1 cm³/mol. The summed E-state index contributed by atoms with van der Waals surface area (Å²) >= 11 is 0. The maximum absolute atomic E-state index is 3.33. The van der Waals surface area contributed by atoms with Crippen molar-refractivity contribution in [3.8, 4) is 0 Å². The second kappa shape index (κ2) is 5.69. The zero-order chi connectivity index (χ0) is 12.1. The SMILES string of the molecule is CCC(NC)c1ccn(Cc2ccccc2)c1. The maximum Gasteiger partial charge on any atom is 0.0470 e. The van der Waals surface area contributed by atoms with Gasteiger partial charge < -0.3 is 9.88 Å². The topological polar surface area (TPSA) is 17.0 Å². The van der Waals surface area contributed by atoms with Gasteiger partial charge in [0.25, 0.3) is 0 Å². The van der Waals surface area contributed by atoms with E-state index in [0.29, 0.717) is 6.04 Å². The Bertz CT molecular complexity index is 441. The maximum atomic E-state index is 3.33. The van der Waals surface area contributed by atoms with Crippen LogP contribution in [0.1, 0.15) is 30.5 Å². The van der Waals surface area contributed by atoms with Gasteiger partial charge in [-0.05, 0) is 30.7 Å². The predicted octanol–water partition coefficient (Wildman–Crippen LogP) is 3.21. The van der Waals surface area contributed by atoms with Crippen molar-refractivity contribution in [2.24, 2.45) is 0 Å². The van der Waals surface area contributed by atoms with E-state index in [4.69, 9.17) is 0 Å². The van der Waals surface area contributed by atoms with Crippen LogP contribution < -0.4 is 5.32 Å². The van der Waals surface area contributed by atoms with Gasteiger partial charge in [-0.25, -0.2) is 0 Å². The number of aromatic nitrogens is 1. The van der Waals surface area contributed by atoms with E-state index in [1.54, 1.807) is 0 Å². The summed E-state index contributed by atoms with van der Waals surface area (Å²) < 4.78 is 2.24. The average molecular weight is 228 g/mol. The minimum absolute atomic E-state index is 0.465. The average Bonchev–Trinajstić information content (AvgIpc) is 2.81. The fourth-order valence-electron chi connectivity index (χ4n) is 2.16. The van der Waals surface area contributed by atoms with Crippen LogP contribution in [0.2, 0.25) is 0 Å². The van der Waals surface area contributed by atoms with Crippen molar-refractivity contribution in [3.05, 3.63) is 59.9 Å². The molecule has 0 aliphatic carbocycles. The summed E-state index contributed by atoms with van der Waals surface area (Å²) in [5.74, 6) is 0. The molecule has 0 saturated carbocycles. The molecule has 1 N–H and O–H groups in total. The van der Waals surface area contributed by atoms with E-state index in [0.717, 1.165) is 13.0 Å². The molecule has 2 heteroatoms. The van der Waals surface area contributed by atoms with Crippen molar-refractivity contribution in [2.45, 2.75) is 25.9 Å². The fourth-order valence-corrected chi connectivity index (χ4v) is 2.16. The third-order valence-corrected chi connectivity index (χ3v) is 3.14. The van der Waals surface area contributed by atoms with Gasteiger partial charge in [0.15, 0.2) is 0 Å². The molecule has 0 fully saturated rings. The smallest absolute Gasteiger partial charge is 0.0470 e. The summed E-state index contributed by atoms with van der Waals surface area (Å²) in [4.78, 5) is 0. The molecular weight excluding hydrogens is 208 g/mol. The van der Waals surface area contributed by atoms with Crippen LogP contribution in [0.25, 0.3) is 0 Å². The molecule has 0 radical (unpaired) electrons. The van der Waals surface area contributed by atoms with Gasteiger partial charge in [0, 0.05) is 25.0 Å². The van der Waals surface area contributed by atoms with Gasteiger partial charge in [0.1, 0.15) is 0 Å². The van der Waals surface area contributed by atoms with Crippen molar-refractivity contribution in [1.29, 1.82) is 0 Å². The van der Waals surface area contributed by atoms with E-state index >= 15 is 0 Å². The number of hydrogen-bond donors (Lipinski definition) is 1. The number of nitrogens with one attached hydrogen (secondary N) is 1. The Labute approximate surface area is 103 Å². The third-order valence-electron chi connectivity index (χ3n) is 3.14. The summed E-state index contributed by atoms with van der Waals surface area (Å²) in [6.07, 6.45) is 5.51. The van der Waals surface area contributed by atoms with Gasteiger partial charge in [-0.2, -0.15) is 0 Å². The lowest BCUT2D eigenvalue weighted by atomic mass is 10.1. The molecule has 0 saturated heterocycles. The summed E-state index contributed by atoms with van der Waals surface area (Å²) in [5.41, 5.74) is 2.71. The lowest BCUT2D eigenvalue weighted by Gasteiger charge is -2.11. The molecule has 0 spiro atoms. The number of benzene rings is 1. The molecule has 0 aliphatic heterocycles. The Balaban J connectivity index is 2.08. The Morgan fingerprint density at radius 1 is 1.18 bits per heavy atom. The zero-order valence-corrected chi connectivity index (χ0v) is 10.6. The van der Waals surface area contributed by atoms with Crippen molar-refractivity contribution in [3.63, 3.8) is 0 Å². The molecule has 0 amide bonds. The van der Waals surface area contributed by atoms with Crippen molar-refractivity contribution >= 4 is 0 Å². The molecule has 1 heterocycles. The minimum atomic E-state index is 0.465. The van der Waals surface area contributed by atoms with Crippen molar-refractivity contribution in [1.82, 2.24) is 9.88 Å². The Hall–Kier alpha value is -1.54.